The fourth-order valence-corrected chi connectivity index (χ4v) is 0.766. The van der Waals surface area contributed by atoms with Crippen molar-refractivity contribution in [1.29, 1.82) is 0 Å². The molecule has 0 fully saturated rings. The van der Waals surface area contributed by atoms with Gasteiger partial charge in [-0.1, -0.05) is 31.2 Å². The monoisotopic (exact) mass is 183 g/mol. The second-order valence-corrected chi connectivity index (χ2v) is 2.87. The smallest absolute Gasteiger partial charge is 0.243 e. The maximum atomic E-state index is 10.3. The third-order valence-corrected chi connectivity index (χ3v) is 1.37. The number of nitrogens with two attached hydrogens (primary N) is 1. The summed E-state index contributed by atoms with van der Waals surface area (Å²) in [5.74, 6) is -0.125. The zero-order valence-corrected chi connectivity index (χ0v) is 8.19. The van der Waals surface area contributed by atoms with E-state index in [2.05, 4.69) is 0 Å². The van der Waals surface area contributed by atoms with Gasteiger partial charge >= 0.3 is 0 Å². The zero-order chi connectivity index (χ0) is 10.1. The van der Waals surface area contributed by atoms with Gasteiger partial charge < -0.3 is 10.5 Å². The van der Waals surface area contributed by atoms with E-state index in [0.717, 1.165) is 0 Å². The normalized spacial score (nSPS) is 14.0. The first-order chi connectivity index (χ1) is 6.16. The van der Waals surface area contributed by atoms with Crippen molar-refractivity contribution in [1.82, 2.24) is 0 Å². The van der Waals surface area contributed by atoms with Gasteiger partial charge in [-0.3, -0.25) is 4.79 Å². The SMILES string of the molecule is C/C=C\C=C/C(C)COCC(N)=O. The number of primary amides is 1. The van der Waals surface area contributed by atoms with Crippen molar-refractivity contribution in [2.24, 2.45) is 11.7 Å². The van der Waals surface area contributed by atoms with E-state index < -0.39 is 5.91 Å². The lowest BCUT2D eigenvalue weighted by Crippen LogP contribution is -2.19. The van der Waals surface area contributed by atoms with Crippen LogP contribution in [0, 0.1) is 5.92 Å². The molecule has 2 N–H and O–H groups in total. The third kappa shape index (κ3) is 8.82. The maximum absolute atomic E-state index is 10.3. The van der Waals surface area contributed by atoms with Crippen molar-refractivity contribution in [3.63, 3.8) is 0 Å². The van der Waals surface area contributed by atoms with Crippen molar-refractivity contribution in [3.8, 4) is 0 Å². The van der Waals surface area contributed by atoms with Crippen LogP contribution in [0.1, 0.15) is 13.8 Å². The number of allylic oxidation sites excluding steroid dienone is 3. The van der Waals surface area contributed by atoms with Crippen LogP contribution in [-0.2, 0) is 9.53 Å². The first-order valence-electron chi connectivity index (χ1n) is 4.32. The Bertz CT molecular complexity index is 197. The molecule has 1 atom stereocenters. The van der Waals surface area contributed by atoms with Gasteiger partial charge in [0.1, 0.15) is 6.61 Å². The van der Waals surface area contributed by atoms with E-state index in [1.54, 1.807) is 0 Å². The molecule has 0 radical (unpaired) electrons. The maximum Gasteiger partial charge on any atom is 0.243 e. The van der Waals surface area contributed by atoms with Crippen LogP contribution in [0.4, 0.5) is 0 Å². The highest BCUT2D eigenvalue weighted by atomic mass is 16.5. The number of ether oxygens (including phenoxy) is 1. The number of hydrogen-bond acceptors (Lipinski definition) is 2. The average Bonchev–Trinajstić information content (AvgIpc) is 2.04. The third-order valence-electron chi connectivity index (χ3n) is 1.37. The second-order valence-electron chi connectivity index (χ2n) is 2.87. The van der Waals surface area contributed by atoms with Gasteiger partial charge in [0.25, 0.3) is 0 Å². The first-order valence-corrected chi connectivity index (χ1v) is 4.32. The number of rotatable bonds is 6. The minimum absolute atomic E-state index is 0.00178. The van der Waals surface area contributed by atoms with Gasteiger partial charge in [0.15, 0.2) is 0 Å². The van der Waals surface area contributed by atoms with E-state index in [1.807, 2.05) is 38.2 Å². The molecule has 74 valence electrons. The van der Waals surface area contributed by atoms with Gasteiger partial charge in [-0.05, 0) is 12.8 Å². The van der Waals surface area contributed by atoms with Gasteiger partial charge in [0.05, 0.1) is 6.61 Å². The highest BCUT2D eigenvalue weighted by Gasteiger charge is 1.98. The highest BCUT2D eigenvalue weighted by Crippen LogP contribution is 1.97. The Hall–Kier alpha value is -1.09. The van der Waals surface area contributed by atoms with Crippen LogP contribution in [-0.4, -0.2) is 19.1 Å². The van der Waals surface area contributed by atoms with E-state index in [9.17, 15) is 4.79 Å². The predicted molar refractivity (Wildman–Crippen MR) is 53.1 cm³/mol. The molecule has 0 aromatic rings. The van der Waals surface area contributed by atoms with Crippen LogP contribution in [0.15, 0.2) is 24.3 Å². The van der Waals surface area contributed by atoms with E-state index in [-0.39, 0.29) is 6.61 Å². The lowest BCUT2D eigenvalue weighted by Gasteiger charge is -2.05. The fourth-order valence-electron chi connectivity index (χ4n) is 0.766. The van der Waals surface area contributed by atoms with E-state index >= 15 is 0 Å². The van der Waals surface area contributed by atoms with Gasteiger partial charge in [0.2, 0.25) is 5.91 Å². The molecule has 0 heterocycles. The van der Waals surface area contributed by atoms with E-state index in [4.69, 9.17) is 10.5 Å². The van der Waals surface area contributed by atoms with Crippen molar-refractivity contribution >= 4 is 5.91 Å². The largest absolute Gasteiger partial charge is 0.371 e. The first kappa shape index (κ1) is 11.9. The molecule has 1 amide bonds. The number of amides is 1. The molecule has 1 unspecified atom stereocenters. The number of carbonyl (C=O) groups is 1. The molecule has 0 aromatic heterocycles. The molecule has 0 saturated heterocycles. The summed E-state index contributed by atoms with van der Waals surface area (Å²) >= 11 is 0. The average molecular weight is 183 g/mol. The lowest BCUT2D eigenvalue weighted by atomic mass is 10.2. The zero-order valence-electron chi connectivity index (χ0n) is 8.19. The van der Waals surface area contributed by atoms with Crippen molar-refractivity contribution < 1.29 is 9.53 Å². The van der Waals surface area contributed by atoms with Gasteiger partial charge in [0, 0.05) is 0 Å². The van der Waals surface area contributed by atoms with Crippen LogP contribution < -0.4 is 5.73 Å². The van der Waals surface area contributed by atoms with Crippen LogP contribution in [0.25, 0.3) is 0 Å². The standard InChI is InChI=1S/C10H17NO2/c1-3-4-5-6-9(2)7-13-8-10(11)12/h3-6,9H,7-8H2,1-2H3,(H2,11,12)/b4-3-,6-5-. The van der Waals surface area contributed by atoms with Crippen LogP contribution in [0.5, 0.6) is 0 Å². The molecule has 0 bridgehead atoms. The van der Waals surface area contributed by atoms with Crippen molar-refractivity contribution in [3.05, 3.63) is 24.3 Å². The summed E-state index contributed by atoms with van der Waals surface area (Å²) in [5, 5.41) is 0. The second kappa shape index (κ2) is 7.55. The molecule has 0 saturated carbocycles. The van der Waals surface area contributed by atoms with Crippen molar-refractivity contribution in [2.75, 3.05) is 13.2 Å². The molecule has 0 aliphatic carbocycles. The fraction of sp³-hybridized carbons (Fsp3) is 0.500. The van der Waals surface area contributed by atoms with Crippen LogP contribution in [0.2, 0.25) is 0 Å². The minimum atomic E-state index is -0.426. The van der Waals surface area contributed by atoms with Crippen LogP contribution in [0.3, 0.4) is 0 Å². The number of carbonyl (C=O) groups excluding carboxylic acids is 1. The molecule has 0 spiro atoms. The van der Waals surface area contributed by atoms with Crippen LogP contribution >= 0.6 is 0 Å². The molecule has 0 aliphatic heterocycles. The minimum Gasteiger partial charge on any atom is -0.371 e. The Balaban J connectivity index is 3.50. The Morgan fingerprint density at radius 3 is 2.77 bits per heavy atom. The van der Waals surface area contributed by atoms with Gasteiger partial charge in [-0.2, -0.15) is 0 Å². The topological polar surface area (TPSA) is 52.3 Å². The summed E-state index contributed by atoms with van der Waals surface area (Å²) in [7, 11) is 0. The predicted octanol–water partition coefficient (Wildman–Crippen LogP) is 1.26. The summed E-state index contributed by atoms with van der Waals surface area (Å²) in [5.41, 5.74) is 4.91. The summed E-state index contributed by atoms with van der Waals surface area (Å²) in [4.78, 5) is 10.3. The quantitative estimate of drug-likeness (QED) is 0.630. The lowest BCUT2D eigenvalue weighted by molar-refractivity contribution is -0.122. The summed E-state index contributed by atoms with van der Waals surface area (Å²) in [6.07, 6.45) is 7.87. The Morgan fingerprint density at radius 1 is 1.54 bits per heavy atom. The van der Waals surface area contributed by atoms with Crippen molar-refractivity contribution in [2.45, 2.75) is 13.8 Å². The molecule has 3 nitrogen and oxygen atoms in total. The van der Waals surface area contributed by atoms with E-state index in [0.29, 0.717) is 12.5 Å². The Kier molecular flexibility index (Phi) is 6.92. The summed E-state index contributed by atoms with van der Waals surface area (Å²) in [6.45, 7) is 4.50. The molecular weight excluding hydrogens is 166 g/mol. The summed E-state index contributed by atoms with van der Waals surface area (Å²) < 4.78 is 5.04. The number of hydrogen-bond donors (Lipinski definition) is 1. The van der Waals surface area contributed by atoms with E-state index in [1.165, 1.54) is 0 Å². The molecule has 0 aromatic carbocycles. The molecule has 0 aliphatic rings. The van der Waals surface area contributed by atoms with Gasteiger partial charge in [-0.15, -0.1) is 0 Å². The Morgan fingerprint density at radius 2 is 2.23 bits per heavy atom. The molecule has 13 heavy (non-hydrogen) atoms. The molecule has 0 rings (SSSR count). The highest BCUT2D eigenvalue weighted by molar-refractivity contribution is 5.74. The molecular formula is C10H17NO2. The van der Waals surface area contributed by atoms with Gasteiger partial charge in [-0.25, -0.2) is 0 Å². The Labute approximate surface area is 79.3 Å². The molecule has 3 heteroatoms. The summed E-state index contributed by atoms with van der Waals surface area (Å²) in [6, 6.07) is 0.